The Bertz CT molecular complexity index is 378. The van der Waals surface area contributed by atoms with Crippen molar-refractivity contribution in [1.82, 2.24) is 9.97 Å². The first-order chi connectivity index (χ1) is 7.72. The second-order valence-electron chi connectivity index (χ2n) is 3.98. The van der Waals surface area contributed by atoms with Crippen molar-refractivity contribution < 1.29 is 0 Å². The summed E-state index contributed by atoms with van der Waals surface area (Å²) in [5.41, 5.74) is 0.987. The van der Waals surface area contributed by atoms with Crippen LogP contribution in [0.1, 0.15) is 31.9 Å². The zero-order valence-electron chi connectivity index (χ0n) is 9.34. The molecule has 0 bridgehead atoms. The van der Waals surface area contributed by atoms with Gasteiger partial charge < -0.3 is 4.90 Å². The number of anilines is 1. The molecule has 0 atom stereocenters. The second kappa shape index (κ2) is 5.32. The van der Waals surface area contributed by atoms with Gasteiger partial charge in [0.1, 0.15) is 5.15 Å². The van der Waals surface area contributed by atoms with Crippen LogP contribution in [-0.2, 0) is 6.42 Å². The van der Waals surface area contributed by atoms with Crippen LogP contribution in [0.3, 0.4) is 0 Å². The first-order valence-corrected chi connectivity index (χ1v) is 6.86. The van der Waals surface area contributed by atoms with Crippen LogP contribution in [0.25, 0.3) is 0 Å². The first-order valence-electron chi connectivity index (χ1n) is 5.69. The Morgan fingerprint density at radius 3 is 2.56 bits per heavy atom. The number of aromatic nitrogens is 2. The van der Waals surface area contributed by atoms with Gasteiger partial charge in [-0.1, -0.05) is 18.5 Å². The molecule has 0 radical (unpaired) electrons. The Hall–Kier alpha value is -0.350. The molecule has 0 unspecified atom stereocenters. The van der Waals surface area contributed by atoms with Crippen LogP contribution in [-0.4, -0.2) is 23.1 Å². The van der Waals surface area contributed by atoms with Crippen LogP contribution in [0, 0.1) is 0 Å². The van der Waals surface area contributed by atoms with Crippen molar-refractivity contribution in [2.75, 3.05) is 18.0 Å². The summed E-state index contributed by atoms with van der Waals surface area (Å²) in [7, 11) is 0. The van der Waals surface area contributed by atoms with Crippen molar-refractivity contribution in [3.05, 3.63) is 15.3 Å². The minimum atomic E-state index is 0.521. The van der Waals surface area contributed by atoms with E-state index in [1.807, 2.05) is 0 Å². The highest BCUT2D eigenvalue weighted by Crippen LogP contribution is 2.27. The number of rotatable bonds is 2. The molecule has 2 rings (SSSR count). The van der Waals surface area contributed by atoms with Gasteiger partial charge in [-0.25, -0.2) is 4.98 Å². The summed E-state index contributed by atoms with van der Waals surface area (Å²) in [6, 6.07) is 0. The van der Waals surface area contributed by atoms with E-state index in [2.05, 4.69) is 37.7 Å². The summed E-state index contributed by atoms with van der Waals surface area (Å²) in [5.74, 6) is 0.782. The SMILES string of the molecule is CCc1nc(N2CCCCC2)nc(Cl)c1Br. The Balaban J connectivity index is 2.29. The molecule has 0 aliphatic carbocycles. The average molecular weight is 305 g/mol. The maximum absolute atomic E-state index is 6.09. The number of aryl methyl sites for hydroxylation is 1. The number of hydrogen-bond acceptors (Lipinski definition) is 3. The van der Waals surface area contributed by atoms with Crippen LogP contribution in [0.2, 0.25) is 5.15 Å². The monoisotopic (exact) mass is 303 g/mol. The lowest BCUT2D eigenvalue weighted by molar-refractivity contribution is 0.567. The summed E-state index contributed by atoms with van der Waals surface area (Å²) in [6.07, 6.45) is 4.61. The molecule has 1 aromatic rings. The number of piperidine rings is 1. The van der Waals surface area contributed by atoms with E-state index in [1.165, 1.54) is 19.3 Å². The highest BCUT2D eigenvalue weighted by molar-refractivity contribution is 9.10. The highest BCUT2D eigenvalue weighted by atomic mass is 79.9. The first kappa shape index (κ1) is 12.1. The predicted molar refractivity (Wildman–Crippen MR) is 70.2 cm³/mol. The zero-order chi connectivity index (χ0) is 11.5. The van der Waals surface area contributed by atoms with Crippen LogP contribution in [0.15, 0.2) is 4.47 Å². The van der Waals surface area contributed by atoms with Gasteiger partial charge >= 0.3 is 0 Å². The van der Waals surface area contributed by atoms with Crippen molar-refractivity contribution in [2.24, 2.45) is 0 Å². The maximum atomic E-state index is 6.09. The topological polar surface area (TPSA) is 29.0 Å². The van der Waals surface area contributed by atoms with Crippen LogP contribution < -0.4 is 4.90 Å². The maximum Gasteiger partial charge on any atom is 0.227 e. The van der Waals surface area contributed by atoms with Gasteiger partial charge in [-0.05, 0) is 41.6 Å². The smallest absolute Gasteiger partial charge is 0.227 e. The van der Waals surface area contributed by atoms with Crippen LogP contribution >= 0.6 is 27.5 Å². The van der Waals surface area contributed by atoms with E-state index >= 15 is 0 Å². The normalized spacial score (nSPS) is 16.6. The van der Waals surface area contributed by atoms with Gasteiger partial charge in [-0.2, -0.15) is 4.98 Å². The Morgan fingerprint density at radius 1 is 1.25 bits per heavy atom. The summed E-state index contributed by atoms with van der Waals surface area (Å²) < 4.78 is 0.831. The lowest BCUT2D eigenvalue weighted by Gasteiger charge is -2.27. The Morgan fingerprint density at radius 2 is 1.94 bits per heavy atom. The molecule has 0 spiro atoms. The molecule has 1 aliphatic heterocycles. The molecule has 16 heavy (non-hydrogen) atoms. The zero-order valence-corrected chi connectivity index (χ0v) is 11.7. The van der Waals surface area contributed by atoms with Crippen molar-refractivity contribution in [3.63, 3.8) is 0 Å². The summed E-state index contributed by atoms with van der Waals surface area (Å²) in [4.78, 5) is 11.1. The molecule has 0 N–H and O–H groups in total. The fourth-order valence-corrected chi connectivity index (χ4v) is 2.56. The van der Waals surface area contributed by atoms with E-state index in [9.17, 15) is 0 Å². The van der Waals surface area contributed by atoms with E-state index in [-0.39, 0.29) is 0 Å². The van der Waals surface area contributed by atoms with E-state index in [0.717, 1.165) is 35.6 Å². The van der Waals surface area contributed by atoms with Crippen molar-refractivity contribution >= 4 is 33.5 Å². The van der Waals surface area contributed by atoms with E-state index in [1.54, 1.807) is 0 Å². The van der Waals surface area contributed by atoms with Crippen molar-refractivity contribution in [2.45, 2.75) is 32.6 Å². The van der Waals surface area contributed by atoms with Gasteiger partial charge in [0.05, 0.1) is 10.2 Å². The van der Waals surface area contributed by atoms with Gasteiger partial charge in [0.25, 0.3) is 0 Å². The molecular formula is C11H15BrClN3. The molecular weight excluding hydrogens is 289 g/mol. The summed E-state index contributed by atoms with van der Waals surface area (Å²) in [6.45, 7) is 4.16. The van der Waals surface area contributed by atoms with E-state index in [0.29, 0.717) is 5.15 Å². The number of halogens is 2. The largest absolute Gasteiger partial charge is 0.341 e. The molecule has 0 amide bonds. The molecule has 0 saturated carbocycles. The quantitative estimate of drug-likeness (QED) is 0.784. The molecule has 88 valence electrons. The summed E-state index contributed by atoms with van der Waals surface area (Å²) >= 11 is 9.52. The third kappa shape index (κ3) is 2.48. The van der Waals surface area contributed by atoms with Crippen molar-refractivity contribution in [3.8, 4) is 0 Å². The number of hydrogen-bond donors (Lipinski definition) is 0. The van der Waals surface area contributed by atoms with E-state index < -0.39 is 0 Å². The predicted octanol–water partition coefficient (Wildman–Crippen LogP) is 3.45. The minimum absolute atomic E-state index is 0.521. The van der Waals surface area contributed by atoms with Crippen LogP contribution in [0.4, 0.5) is 5.95 Å². The minimum Gasteiger partial charge on any atom is -0.341 e. The third-order valence-electron chi connectivity index (χ3n) is 2.84. The third-order valence-corrected chi connectivity index (χ3v) is 4.18. The summed E-state index contributed by atoms with van der Waals surface area (Å²) in [5, 5.41) is 0.521. The fraction of sp³-hybridized carbons (Fsp3) is 0.636. The van der Waals surface area contributed by atoms with Gasteiger partial charge in [0, 0.05) is 13.1 Å². The molecule has 1 aliphatic rings. The second-order valence-corrected chi connectivity index (χ2v) is 5.13. The lowest BCUT2D eigenvalue weighted by Crippen LogP contribution is -2.31. The van der Waals surface area contributed by atoms with E-state index in [4.69, 9.17) is 11.6 Å². The molecule has 1 aromatic heterocycles. The van der Waals surface area contributed by atoms with Gasteiger partial charge in [0.15, 0.2) is 0 Å². The Kier molecular flexibility index (Phi) is 4.03. The molecule has 5 heteroatoms. The van der Waals surface area contributed by atoms with Gasteiger partial charge in [-0.15, -0.1) is 0 Å². The van der Waals surface area contributed by atoms with Crippen LogP contribution in [0.5, 0.6) is 0 Å². The van der Waals surface area contributed by atoms with Gasteiger partial charge in [-0.3, -0.25) is 0 Å². The average Bonchev–Trinajstić information content (AvgIpc) is 2.33. The van der Waals surface area contributed by atoms with Gasteiger partial charge in [0.2, 0.25) is 5.95 Å². The fourth-order valence-electron chi connectivity index (χ4n) is 1.92. The molecule has 2 heterocycles. The number of nitrogens with zero attached hydrogens (tertiary/aromatic N) is 3. The molecule has 1 fully saturated rings. The molecule has 3 nitrogen and oxygen atoms in total. The molecule has 1 saturated heterocycles. The Labute approximate surface area is 109 Å². The highest BCUT2D eigenvalue weighted by Gasteiger charge is 2.16. The van der Waals surface area contributed by atoms with Crippen molar-refractivity contribution in [1.29, 1.82) is 0 Å². The molecule has 0 aromatic carbocycles. The standard InChI is InChI=1S/C11H15BrClN3/c1-2-8-9(12)10(13)15-11(14-8)16-6-4-3-5-7-16/h2-7H2,1H3. The lowest BCUT2D eigenvalue weighted by atomic mass is 10.1.